The minimum Gasteiger partial charge on any atom is -0.454 e. The Labute approximate surface area is 108 Å². The molecule has 4 heteroatoms. The second kappa shape index (κ2) is 5.59. The average Bonchev–Trinajstić information content (AvgIpc) is 2.76. The molecule has 0 saturated heterocycles. The molecule has 0 spiro atoms. The summed E-state index contributed by atoms with van der Waals surface area (Å²) in [5.41, 5.74) is 1.11. The molecule has 2 rings (SSSR count). The van der Waals surface area contributed by atoms with Crippen LogP contribution in [0.5, 0.6) is 11.5 Å². The molecule has 1 aliphatic rings. The van der Waals surface area contributed by atoms with Gasteiger partial charge in [-0.2, -0.15) is 0 Å². The molecule has 1 aromatic carbocycles. The lowest BCUT2D eigenvalue weighted by atomic mass is 10.1. The summed E-state index contributed by atoms with van der Waals surface area (Å²) in [5.74, 6) is 1.65. The molecule has 1 aliphatic heterocycles. The van der Waals surface area contributed by atoms with Gasteiger partial charge in [0.2, 0.25) is 6.79 Å². The van der Waals surface area contributed by atoms with Crippen molar-refractivity contribution >= 4 is 0 Å². The van der Waals surface area contributed by atoms with Crippen molar-refractivity contribution < 1.29 is 14.6 Å². The summed E-state index contributed by atoms with van der Waals surface area (Å²) < 4.78 is 10.9. The highest BCUT2D eigenvalue weighted by molar-refractivity contribution is 5.48. The molecule has 0 fully saturated rings. The van der Waals surface area contributed by atoms with Gasteiger partial charge in [-0.05, 0) is 26.8 Å². The fraction of sp³-hybridized carbons (Fsp3) is 0.571. The van der Waals surface area contributed by atoms with Gasteiger partial charge in [-0.25, -0.2) is 0 Å². The van der Waals surface area contributed by atoms with Gasteiger partial charge < -0.3 is 14.6 Å². The first-order valence-electron chi connectivity index (χ1n) is 6.37. The Balaban J connectivity index is 2.14. The number of para-hydroxylation sites is 1. The minimum atomic E-state index is -0.332. The minimum absolute atomic E-state index is 0.296. The van der Waals surface area contributed by atoms with Crippen LogP contribution in [-0.2, 0) is 6.54 Å². The molecule has 0 aromatic heterocycles. The van der Waals surface area contributed by atoms with E-state index < -0.39 is 0 Å². The number of hydrogen-bond donors (Lipinski definition) is 1. The van der Waals surface area contributed by atoms with E-state index in [1.54, 1.807) is 0 Å². The lowest BCUT2D eigenvalue weighted by Crippen LogP contribution is -2.36. The molecule has 0 saturated carbocycles. The van der Waals surface area contributed by atoms with Crippen LogP contribution >= 0.6 is 0 Å². The number of benzene rings is 1. The Morgan fingerprint density at radius 1 is 1.28 bits per heavy atom. The molecule has 1 heterocycles. The highest BCUT2D eigenvalue weighted by Crippen LogP contribution is 2.36. The van der Waals surface area contributed by atoms with Crippen molar-refractivity contribution in [1.82, 2.24) is 4.90 Å². The smallest absolute Gasteiger partial charge is 0.231 e. The van der Waals surface area contributed by atoms with Crippen LogP contribution in [0.4, 0.5) is 0 Å². The quantitative estimate of drug-likeness (QED) is 0.869. The molecular weight excluding hydrogens is 230 g/mol. The Kier molecular flexibility index (Phi) is 4.09. The zero-order valence-corrected chi connectivity index (χ0v) is 11.2. The van der Waals surface area contributed by atoms with Crippen LogP contribution in [0.25, 0.3) is 0 Å². The van der Waals surface area contributed by atoms with E-state index in [2.05, 4.69) is 18.7 Å². The second-order valence-corrected chi connectivity index (χ2v) is 5.02. The number of aliphatic hydroxyl groups excluding tert-OH is 1. The topological polar surface area (TPSA) is 41.9 Å². The largest absolute Gasteiger partial charge is 0.454 e. The Morgan fingerprint density at radius 2 is 2.06 bits per heavy atom. The van der Waals surface area contributed by atoms with Gasteiger partial charge in [-0.15, -0.1) is 0 Å². The Morgan fingerprint density at radius 3 is 2.72 bits per heavy atom. The van der Waals surface area contributed by atoms with Crippen molar-refractivity contribution in [2.75, 3.05) is 13.3 Å². The molecular formula is C14H21NO3. The van der Waals surface area contributed by atoms with E-state index in [0.717, 1.165) is 23.6 Å². The van der Waals surface area contributed by atoms with Crippen molar-refractivity contribution in [1.29, 1.82) is 0 Å². The summed E-state index contributed by atoms with van der Waals surface area (Å²) in [4.78, 5) is 2.22. The molecule has 0 amide bonds. The summed E-state index contributed by atoms with van der Waals surface area (Å²) in [6.45, 7) is 7.78. The summed E-state index contributed by atoms with van der Waals surface area (Å²) in [5, 5.41) is 9.55. The standard InChI is InChI=1S/C14H21NO3/c1-10(2)15(7-11(3)16)8-12-5-4-6-13-14(12)18-9-17-13/h4-6,10-11,16H,7-9H2,1-3H3. The van der Waals surface area contributed by atoms with Gasteiger partial charge in [-0.3, -0.25) is 4.90 Å². The van der Waals surface area contributed by atoms with Crippen molar-refractivity contribution in [3.63, 3.8) is 0 Å². The molecule has 1 unspecified atom stereocenters. The monoisotopic (exact) mass is 251 g/mol. The Bertz CT molecular complexity index is 404. The fourth-order valence-corrected chi connectivity index (χ4v) is 2.13. The molecule has 100 valence electrons. The number of hydrogen-bond acceptors (Lipinski definition) is 4. The average molecular weight is 251 g/mol. The van der Waals surface area contributed by atoms with Gasteiger partial charge >= 0.3 is 0 Å². The van der Waals surface area contributed by atoms with Crippen molar-refractivity contribution in [2.45, 2.75) is 39.5 Å². The number of aliphatic hydroxyl groups is 1. The van der Waals surface area contributed by atoms with E-state index in [1.807, 2.05) is 25.1 Å². The van der Waals surface area contributed by atoms with Crippen molar-refractivity contribution in [3.8, 4) is 11.5 Å². The third-order valence-electron chi connectivity index (χ3n) is 3.08. The van der Waals surface area contributed by atoms with Gasteiger partial charge in [0.25, 0.3) is 0 Å². The normalized spacial score (nSPS) is 15.4. The zero-order valence-electron chi connectivity index (χ0n) is 11.2. The summed E-state index contributed by atoms with van der Waals surface area (Å²) in [7, 11) is 0. The van der Waals surface area contributed by atoms with Crippen LogP contribution in [-0.4, -0.2) is 35.5 Å². The first-order valence-corrected chi connectivity index (χ1v) is 6.37. The van der Waals surface area contributed by atoms with Crippen LogP contribution in [0.3, 0.4) is 0 Å². The molecule has 0 aliphatic carbocycles. The van der Waals surface area contributed by atoms with Crippen molar-refractivity contribution in [3.05, 3.63) is 23.8 Å². The third kappa shape index (κ3) is 2.94. The van der Waals surface area contributed by atoms with E-state index in [0.29, 0.717) is 19.4 Å². The molecule has 4 nitrogen and oxygen atoms in total. The third-order valence-corrected chi connectivity index (χ3v) is 3.08. The van der Waals surface area contributed by atoms with Gasteiger partial charge in [0, 0.05) is 24.7 Å². The van der Waals surface area contributed by atoms with E-state index in [9.17, 15) is 5.11 Å². The predicted octanol–water partition coefficient (Wildman–Crippen LogP) is 2.01. The summed E-state index contributed by atoms with van der Waals surface area (Å²) >= 11 is 0. The van der Waals surface area contributed by atoms with Gasteiger partial charge in [0.1, 0.15) is 0 Å². The summed E-state index contributed by atoms with van der Waals surface area (Å²) in [6, 6.07) is 6.31. The first kappa shape index (κ1) is 13.2. The fourth-order valence-electron chi connectivity index (χ4n) is 2.13. The highest BCUT2D eigenvalue weighted by Gasteiger charge is 2.20. The maximum Gasteiger partial charge on any atom is 0.231 e. The lowest BCUT2D eigenvalue weighted by Gasteiger charge is -2.28. The van der Waals surface area contributed by atoms with E-state index in [1.165, 1.54) is 0 Å². The lowest BCUT2D eigenvalue weighted by molar-refractivity contribution is 0.102. The van der Waals surface area contributed by atoms with Gasteiger partial charge in [-0.1, -0.05) is 12.1 Å². The van der Waals surface area contributed by atoms with Crippen LogP contribution < -0.4 is 9.47 Å². The number of fused-ring (bicyclic) bond motifs is 1. The molecule has 1 N–H and O–H groups in total. The molecule has 1 aromatic rings. The maximum absolute atomic E-state index is 9.55. The maximum atomic E-state index is 9.55. The molecule has 1 atom stereocenters. The molecule has 0 radical (unpaired) electrons. The van der Waals surface area contributed by atoms with Gasteiger partial charge in [0.05, 0.1) is 6.10 Å². The first-order chi connectivity index (χ1) is 8.58. The summed E-state index contributed by atoms with van der Waals surface area (Å²) in [6.07, 6.45) is -0.332. The van der Waals surface area contributed by atoms with Gasteiger partial charge in [0.15, 0.2) is 11.5 Å². The van der Waals surface area contributed by atoms with Crippen LogP contribution in [0.1, 0.15) is 26.3 Å². The SMILES string of the molecule is CC(O)CN(Cc1cccc2c1OCO2)C(C)C. The van der Waals surface area contributed by atoms with Crippen LogP contribution in [0.15, 0.2) is 18.2 Å². The molecule has 18 heavy (non-hydrogen) atoms. The second-order valence-electron chi connectivity index (χ2n) is 5.02. The van der Waals surface area contributed by atoms with Crippen LogP contribution in [0, 0.1) is 0 Å². The number of ether oxygens (including phenoxy) is 2. The highest BCUT2D eigenvalue weighted by atomic mass is 16.7. The van der Waals surface area contributed by atoms with Crippen molar-refractivity contribution in [2.24, 2.45) is 0 Å². The van der Waals surface area contributed by atoms with Crippen LogP contribution in [0.2, 0.25) is 0 Å². The van der Waals surface area contributed by atoms with E-state index in [-0.39, 0.29) is 6.10 Å². The Hall–Kier alpha value is -1.26. The zero-order chi connectivity index (χ0) is 13.1. The van der Waals surface area contributed by atoms with E-state index >= 15 is 0 Å². The number of rotatable bonds is 5. The number of nitrogens with zero attached hydrogens (tertiary/aromatic N) is 1. The van der Waals surface area contributed by atoms with E-state index in [4.69, 9.17) is 9.47 Å². The predicted molar refractivity (Wildman–Crippen MR) is 69.8 cm³/mol. The molecule has 0 bridgehead atoms.